The first-order chi connectivity index (χ1) is 12.5. The maximum atomic E-state index is 12.3. The van der Waals surface area contributed by atoms with E-state index in [2.05, 4.69) is 5.32 Å². The number of hydroxylamine groups is 1. The van der Waals surface area contributed by atoms with E-state index in [0.717, 1.165) is 0 Å². The van der Waals surface area contributed by atoms with Crippen molar-refractivity contribution in [1.29, 1.82) is 0 Å². The van der Waals surface area contributed by atoms with E-state index in [1.807, 2.05) is 11.7 Å². The van der Waals surface area contributed by atoms with Crippen molar-refractivity contribution < 1.29 is 24.0 Å². The number of carbonyl (C=O) groups is 3. The van der Waals surface area contributed by atoms with E-state index in [1.54, 1.807) is 20.8 Å². The number of thioether (sulfide) groups is 1. The molecule has 2 amide bonds. The Balaban J connectivity index is 2.71. The van der Waals surface area contributed by atoms with Crippen molar-refractivity contribution in [3.8, 4) is 0 Å². The zero-order valence-electron chi connectivity index (χ0n) is 15.4. The van der Waals surface area contributed by atoms with Crippen LogP contribution in [-0.2, 0) is 14.4 Å². The van der Waals surface area contributed by atoms with Crippen LogP contribution < -0.4 is 10.8 Å². The highest BCUT2D eigenvalue weighted by atomic mass is 35.5. The smallest absolute Gasteiger partial charge is 0.408 e. The molecular weight excluding hydrogens is 415 g/mol. The van der Waals surface area contributed by atoms with Gasteiger partial charge < -0.3 is 14.9 Å². The highest BCUT2D eigenvalue weighted by molar-refractivity contribution is 7.98. The van der Waals surface area contributed by atoms with E-state index in [-0.39, 0.29) is 10.6 Å². The Labute approximate surface area is 172 Å². The quantitative estimate of drug-likeness (QED) is 0.658. The van der Waals surface area contributed by atoms with Gasteiger partial charge in [0.25, 0.3) is 5.91 Å². The summed E-state index contributed by atoms with van der Waals surface area (Å²) in [5.74, 6) is -0.984. The number of carbonyl (C=O) groups excluding carboxylic acids is 3. The Kier molecular flexibility index (Phi) is 9.21. The molecule has 0 saturated carbocycles. The standard InChI is InChI=1S/C17H22Cl2N2O5S/c1-17(2,3)25-16(24)20-13(7-8-27-4)15(23)26-21-14(22)11-9-10(18)5-6-12(11)19/h5-6,9,13H,7-8H2,1-4H3,(H,20,24)(H,21,22)/t13-/m0/s1. The van der Waals surface area contributed by atoms with E-state index < -0.39 is 29.6 Å². The van der Waals surface area contributed by atoms with E-state index in [9.17, 15) is 14.4 Å². The minimum atomic E-state index is -0.984. The molecule has 10 heteroatoms. The third-order valence-electron chi connectivity index (χ3n) is 3.00. The van der Waals surface area contributed by atoms with Gasteiger partial charge in [-0.1, -0.05) is 23.2 Å². The number of ether oxygens (including phenoxy) is 1. The van der Waals surface area contributed by atoms with Crippen LogP contribution in [0.3, 0.4) is 0 Å². The number of amides is 2. The second kappa shape index (κ2) is 10.6. The van der Waals surface area contributed by atoms with Crippen molar-refractivity contribution in [2.45, 2.75) is 38.8 Å². The molecule has 1 aromatic carbocycles. The van der Waals surface area contributed by atoms with Gasteiger partial charge in [-0.3, -0.25) is 4.79 Å². The Morgan fingerprint density at radius 1 is 1.22 bits per heavy atom. The van der Waals surface area contributed by atoms with Crippen molar-refractivity contribution in [1.82, 2.24) is 10.8 Å². The number of hydrogen-bond acceptors (Lipinski definition) is 6. The summed E-state index contributed by atoms with van der Waals surface area (Å²) in [6, 6.07) is 3.33. The van der Waals surface area contributed by atoms with Crippen LogP contribution in [-0.4, -0.2) is 41.6 Å². The average Bonchev–Trinajstić information content (AvgIpc) is 2.56. The van der Waals surface area contributed by atoms with E-state index in [0.29, 0.717) is 17.2 Å². The molecular formula is C17H22Cl2N2O5S. The molecule has 0 bridgehead atoms. The third kappa shape index (κ3) is 8.73. The Morgan fingerprint density at radius 3 is 2.48 bits per heavy atom. The molecule has 0 spiro atoms. The molecule has 0 fully saturated rings. The number of rotatable bonds is 6. The van der Waals surface area contributed by atoms with Crippen LogP contribution in [0.25, 0.3) is 0 Å². The van der Waals surface area contributed by atoms with Gasteiger partial charge in [0.2, 0.25) is 0 Å². The molecule has 0 heterocycles. The van der Waals surface area contributed by atoms with Crippen molar-refractivity contribution in [3.63, 3.8) is 0 Å². The zero-order valence-corrected chi connectivity index (χ0v) is 17.8. The monoisotopic (exact) mass is 436 g/mol. The number of halogens is 2. The largest absolute Gasteiger partial charge is 0.444 e. The lowest BCUT2D eigenvalue weighted by atomic mass is 10.2. The molecule has 0 unspecified atom stereocenters. The number of nitrogens with one attached hydrogen (secondary N) is 2. The summed E-state index contributed by atoms with van der Waals surface area (Å²) in [7, 11) is 0. The molecule has 7 nitrogen and oxygen atoms in total. The maximum absolute atomic E-state index is 12.3. The first-order valence-corrected chi connectivity index (χ1v) is 10.1. The van der Waals surface area contributed by atoms with Crippen molar-refractivity contribution in [3.05, 3.63) is 33.8 Å². The van der Waals surface area contributed by atoms with E-state index in [1.165, 1.54) is 30.0 Å². The van der Waals surface area contributed by atoms with Crippen molar-refractivity contribution in [2.24, 2.45) is 0 Å². The molecule has 2 N–H and O–H groups in total. The number of benzene rings is 1. The van der Waals surface area contributed by atoms with Gasteiger partial charge in [-0.15, -0.1) is 0 Å². The molecule has 27 heavy (non-hydrogen) atoms. The van der Waals surface area contributed by atoms with Crippen LogP contribution in [0.1, 0.15) is 37.6 Å². The minimum Gasteiger partial charge on any atom is -0.444 e. The van der Waals surface area contributed by atoms with Crippen LogP contribution >= 0.6 is 35.0 Å². The maximum Gasteiger partial charge on any atom is 0.408 e. The van der Waals surface area contributed by atoms with Gasteiger partial charge in [-0.2, -0.15) is 17.2 Å². The molecule has 1 aromatic rings. The number of alkyl carbamates (subject to hydrolysis) is 1. The predicted molar refractivity (Wildman–Crippen MR) is 106 cm³/mol. The van der Waals surface area contributed by atoms with Gasteiger partial charge in [-0.05, 0) is 57.4 Å². The molecule has 0 aliphatic rings. The van der Waals surface area contributed by atoms with Gasteiger partial charge in [0.1, 0.15) is 11.6 Å². The lowest BCUT2D eigenvalue weighted by Crippen LogP contribution is -2.46. The molecule has 1 rings (SSSR count). The van der Waals surface area contributed by atoms with Gasteiger partial charge >= 0.3 is 12.1 Å². The molecule has 150 valence electrons. The van der Waals surface area contributed by atoms with Crippen LogP contribution in [0.15, 0.2) is 18.2 Å². The summed E-state index contributed by atoms with van der Waals surface area (Å²) in [4.78, 5) is 41.1. The molecule has 1 atom stereocenters. The van der Waals surface area contributed by atoms with Gasteiger partial charge in [0.05, 0.1) is 10.6 Å². The van der Waals surface area contributed by atoms with Crippen molar-refractivity contribution >= 4 is 52.9 Å². The van der Waals surface area contributed by atoms with Crippen LogP contribution in [0.5, 0.6) is 0 Å². The minimum absolute atomic E-state index is 0.0535. The molecule has 0 radical (unpaired) electrons. The summed E-state index contributed by atoms with van der Waals surface area (Å²) in [5.41, 5.74) is 1.36. The SMILES string of the molecule is CSCC[C@H](NC(=O)OC(C)(C)C)C(=O)ONC(=O)c1cc(Cl)ccc1Cl. The first-order valence-electron chi connectivity index (χ1n) is 7.98. The highest BCUT2D eigenvalue weighted by Crippen LogP contribution is 2.20. The summed E-state index contributed by atoms with van der Waals surface area (Å²) >= 11 is 13.3. The van der Waals surface area contributed by atoms with Gasteiger partial charge in [0.15, 0.2) is 0 Å². The third-order valence-corrected chi connectivity index (χ3v) is 4.21. The van der Waals surface area contributed by atoms with Gasteiger partial charge in [0, 0.05) is 5.02 Å². The molecule has 0 aliphatic carbocycles. The summed E-state index contributed by atoms with van der Waals surface area (Å²) in [5, 5.41) is 2.90. The summed E-state index contributed by atoms with van der Waals surface area (Å²) < 4.78 is 5.14. The van der Waals surface area contributed by atoms with Crippen LogP contribution in [0, 0.1) is 0 Å². The molecule has 0 aromatic heterocycles. The van der Waals surface area contributed by atoms with Crippen molar-refractivity contribution in [2.75, 3.05) is 12.0 Å². The lowest BCUT2D eigenvalue weighted by molar-refractivity contribution is -0.151. The summed E-state index contributed by atoms with van der Waals surface area (Å²) in [6.07, 6.45) is 1.40. The Hall–Kier alpha value is -1.64. The van der Waals surface area contributed by atoms with Crippen LogP contribution in [0.4, 0.5) is 4.79 Å². The van der Waals surface area contributed by atoms with Gasteiger partial charge in [-0.25, -0.2) is 9.59 Å². The average molecular weight is 437 g/mol. The van der Waals surface area contributed by atoms with E-state index >= 15 is 0 Å². The normalized spacial score (nSPS) is 12.1. The summed E-state index contributed by atoms with van der Waals surface area (Å²) in [6.45, 7) is 5.12. The first kappa shape index (κ1) is 23.4. The predicted octanol–water partition coefficient (Wildman–Crippen LogP) is 3.83. The molecule has 0 saturated heterocycles. The highest BCUT2D eigenvalue weighted by Gasteiger charge is 2.26. The topological polar surface area (TPSA) is 93.7 Å². The van der Waals surface area contributed by atoms with Crippen LogP contribution in [0.2, 0.25) is 10.0 Å². The lowest BCUT2D eigenvalue weighted by Gasteiger charge is -2.22. The second-order valence-electron chi connectivity index (χ2n) is 6.46. The zero-order chi connectivity index (χ0) is 20.6. The fraction of sp³-hybridized carbons (Fsp3) is 0.471. The fourth-order valence-corrected chi connectivity index (χ4v) is 2.68. The van der Waals surface area contributed by atoms with E-state index in [4.69, 9.17) is 32.8 Å². The fourth-order valence-electron chi connectivity index (χ4n) is 1.83. The Bertz CT molecular complexity index is 694. The molecule has 0 aliphatic heterocycles. The Morgan fingerprint density at radius 2 is 1.89 bits per heavy atom. The number of hydrogen-bond donors (Lipinski definition) is 2. The second-order valence-corrected chi connectivity index (χ2v) is 8.29.